The summed E-state index contributed by atoms with van der Waals surface area (Å²) >= 11 is 0. The molecule has 1 heteroatoms. The SMILES string of the molecule is CCCCC(CC)CC1CC(CC)CCC1CNCC. The van der Waals surface area contributed by atoms with Gasteiger partial charge in [-0.25, -0.2) is 0 Å². The summed E-state index contributed by atoms with van der Waals surface area (Å²) in [4.78, 5) is 0. The van der Waals surface area contributed by atoms with Crippen LogP contribution < -0.4 is 5.32 Å². The largest absolute Gasteiger partial charge is 0.317 e. The summed E-state index contributed by atoms with van der Waals surface area (Å²) in [7, 11) is 0. The number of hydrogen-bond donors (Lipinski definition) is 1. The van der Waals surface area contributed by atoms with Crippen LogP contribution in [0.4, 0.5) is 0 Å². The standard InChI is InChI=1S/C19H39N/c1-5-9-10-16(6-2)13-19-14-17(7-3)11-12-18(19)15-20-8-4/h16-20H,5-15H2,1-4H3. The third kappa shape index (κ3) is 6.16. The Balaban J connectivity index is 2.52. The Bertz CT molecular complexity index is 226. The second-order valence-electron chi connectivity index (χ2n) is 7.07. The third-order valence-electron chi connectivity index (χ3n) is 5.66. The summed E-state index contributed by atoms with van der Waals surface area (Å²) in [6.45, 7) is 11.8. The van der Waals surface area contributed by atoms with Gasteiger partial charge in [0.05, 0.1) is 0 Å². The second-order valence-corrected chi connectivity index (χ2v) is 7.07. The molecule has 0 saturated heterocycles. The van der Waals surface area contributed by atoms with E-state index in [1.807, 2.05) is 0 Å². The van der Waals surface area contributed by atoms with Crippen molar-refractivity contribution in [1.29, 1.82) is 0 Å². The molecule has 0 amide bonds. The van der Waals surface area contributed by atoms with Crippen LogP contribution in [-0.4, -0.2) is 13.1 Å². The van der Waals surface area contributed by atoms with Gasteiger partial charge in [0.25, 0.3) is 0 Å². The minimum absolute atomic E-state index is 0.952. The fourth-order valence-corrected chi connectivity index (χ4v) is 4.09. The molecule has 1 aliphatic rings. The van der Waals surface area contributed by atoms with Crippen molar-refractivity contribution in [3.63, 3.8) is 0 Å². The van der Waals surface area contributed by atoms with Crippen LogP contribution in [0.1, 0.15) is 85.5 Å². The lowest BCUT2D eigenvalue weighted by molar-refractivity contribution is 0.141. The number of nitrogens with one attached hydrogen (secondary N) is 1. The number of unbranched alkanes of at least 4 members (excludes halogenated alkanes) is 1. The predicted octanol–water partition coefficient (Wildman–Crippen LogP) is 5.64. The molecule has 1 rings (SSSR count). The van der Waals surface area contributed by atoms with Gasteiger partial charge >= 0.3 is 0 Å². The summed E-state index contributed by atoms with van der Waals surface area (Å²) in [6.07, 6.45) is 13.0. The summed E-state index contributed by atoms with van der Waals surface area (Å²) in [6, 6.07) is 0. The van der Waals surface area contributed by atoms with Crippen LogP contribution in [0.25, 0.3) is 0 Å². The van der Waals surface area contributed by atoms with Gasteiger partial charge in [-0.1, -0.05) is 66.2 Å². The predicted molar refractivity (Wildman–Crippen MR) is 91.1 cm³/mol. The molecule has 0 bridgehead atoms. The van der Waals surface area contributed by atoms with E-state index in [-0.39, 0.29) is 0 Å². The summed E-state index contributed by atoms with van der Waals surface area (Å²) < 4.78 is 0. The first kappa shape index (κ1) is 18.0. The van der Waals surface area contributed by atoms with Crippen molar-refractivity contribution in [2.45, 2.75) is 85.5 Å². The highest BCUT2D eigenvalue weighted by atomic mass is 14.8. The first-order chi connectivity index (χ1) is 9.74. The van der Waals surface area contributed by atoms with E-state index in [1.54, 1.807) is 0 Å². The molecule has 4 unspecified atom stereocenters. The Hall–Kier alpha value is -0.0400. The van der Waals surface area contributed by atoms with Crippen molar-refractivity contribution in [1.82, 2.24) is 5.32 Å². The highest BCUT2D eigenvalue weighted by molar-refractivity contribution is 4.82. The van der Waals surface area contributed by atoms with Crippen molar-refractivity contribution in [3.05, 3.63) is 0 Å². The van der Waals surface area contributed by atoms with E-state index in [9.17, 15) is 0 Å². The van der Waals surface area contributed by atoms with Crippen LogP contribution in [0.3, 0.4) is 0 Å². The molecule has 4 atom stereocenters. The summed E-state index contributed by atoms with van der Waals surface area (Å²) in [5.74, 6) is 3.95. The van der Waals surface area contributed by atoms with Gasteiger partial charge in [-0.05, 0) is 56.0 Å². The molecule has 0 radical (unpaired) electrons. The van der Waals surface area contributed by atoms with Crippen LogP contribution in [0, 0.1) is 23.7 Å². The van der Waals surface area contributed by atoms with E-state index in [0.717, 1.165) is 30.2 Å². The molecule has 1 nitrogen and oxygen atoms in total. The summed E-state index contributed by atoms with van der Waals surface area (Å²) in [5.41, 5.74) is 0. The molecule has 120 valence electrons. The molecule has 1 fully saturated rings. The zero-order valence-corrected chi connectivity index (χ0v) is 14.6. The van der Waals surface area contributed by atoms with Gasteiger partial charge in [-0.15, -0.1) is 0 Å². The average molecular weight is 282 g/mol. The maximum absolute atomic E-state index is 3.62. The summed E-state index contributed by atoms with van der Waals surface area (Å²) in [5, 5.41) is 3.62. The third-order valence-corrected chi connectivity index (χ3v) is 5.66. The van der Waals surface area contributed by atoms with Crippen LogP contribution in [0.15, 0.2) is 0 Å². The molecule has 0 aromatic rings. The van der Waals surface area contributed by atoms with Crippen molar-refractivity contribution in [3.8, 4) is 0 Å². The Labute approximate surface area is 128 Å². The van der Waals surface area contributed by atoms with Gasteiger partial charge in [-0.2, -0.15) is 0 Å². The lowest BCUT2D eigenvalue weighted by Gasteiger charge is -2.38. The molecule has 1 aliphatic carbocycles. The number of rotatable bonds is 10. The highest BCUT2D eigenvalue weighted by Crippen LogP contribution is 2.39. The first-order valence-electron chi connectivity index (χ1n) is 9.45. The molecule has 1 saturated carbocycles. The zero-order chi connectivity index (χ0) is 14.8. The maximum atomic E-state index is 3.62. The van der Waals surface area contributed by atoms with Gasteiger partial charge in [0.1, 0.15) is 0 Å². The fraction of sp³-hybridized carbons (Fsp3) is 1.00. The monoisotopic (exact) mass is 281 g/mol. The topological polar surface area (TPSA) is 12.0 Å². The van der Waals surface area contributed by atoms with E-state index in [1.165, 1.54) is 64.3 Å². The average Bonchev–Trinajstić information content (AvgIpc) is 2.49. The molecule has 0 aliphatic heterocycles. The zero-order valence-electron chi connectivity index (χ0n) is 14.6. The first-order valence-corrected chi connectivity index (χ1v) is 9.45. The molecular formula is C19H39N. The molecule has 0 spiro atoms. The molecule has 0 aromatic heterocycles. The Morgan fingerprint density at radius 2 is 1.85 bits per heavy atom. The van der Waals surface area contributed by atoms with Gasteiger partial charge in [0.15, 0.2) is 0 Å². The van der Waals surface area contributed by atoms with Crippen molar-refractivity contribution in [2.24, 2.45) is 23.7 Å². The van der Waals surface area contributed by atoms with Gasteiger partial charge in [0.2, 0.25) is 0 Å². The molecule has 0 heterocycles. The minimum Gasteiger partial charge on any atom is -0.317 e. The van der Waals surface area contributed by atoms with Gasteiger partial charge < -0.3 is 5.32 Å². The normalized spacial score (nSPS) is 28.5. The smallest absolute Gasteiger partial charge is 0.00180 e. The maximum Gasteiger partial charge on any atom is -0.00180 e. The molecule has 0 aromatic carbocycles. The second kappa shape index (κ2) is 10.7. The molecular weight excluding hydrogens is 242 g/mol. The minimum atomic E-state index is 0.952. The van der Waals surface area contributed by atoms with Gasteiger partial charge in [-0.3, -0.25) is 0 Å². The van der Waals surface area contributed by atoms with Crippen LogP contribution >= 0.6 is 0 Å². The lowest BCUT2D eigenvalue weighted by Crippen LogP contribution is -2.34. The fourth-order valence-electron chi connectivity index (χ4n) is 4.09. The lowest BCUT2D eigenvalue weighted by atomic mass is 9.69. The Kier molecular flexibility index (Phi) is 9.59. The molecule has 1 N–H and O–H groups in total. The Morgan fingerprint density at radius 3 is 2.45 bits per heavy atom. The van der Waals surface area contributed by atoms with Crippen LogP contribution in [-0.2, 0) is 0 Å². The van der Waals surface area contributed by atoms with Crippen molar-refractivity contribution < 1.29 is 0 Å². The Morgan fingerprint density at radius 1 is 1.05 bits per heavy atom. The highest BCUT2D eigenvalue weighted by Gasteiger charge is 2.30. The quantitative estimate of drug-likeness (QED) is 0.546. The van der Waals surface area contributed by atoms with Crippen LogP contribution in [0.5, 0.6) is 0 Å². The van der Waals surface area contributed by atoms with E-state index >= 15 is 0 Å². The van der Waals surface area contributed by atoms with Gasteiger partial charge in [0, 0.05) is 0 Å². The van der Waals surface area contributed by atoms with E-state index in [2.05, 4.69) is 33.0 Å². The number of hydrogen-bond acceptors (Lipinski definition) is 1. The van der Waals surface area contributed by atoms with Crippen molar-refractivity contribution in [2.75, 3.05) is 13.1 Å². The van der Waals surface area contributed by atoms with E-state index in [0.29, 0.717) is 0 Å². The van der Waals surface area contributed by atoms with E-state index in [4.69, 9.17) is 0 Å². The van der Waals surface area contributed by atoms with Crippen molar-refractivity contribution >= 4 is 0 Å². The molecule has 20 heavy (non-hydrogen) atoms. The van der Waals surface area contributed by atoms with Crippen LogP contribution in [0.2, 0.25) is 0 Å². The van der Waals surface area contributed by atoms with E-state index < -0.39 is 0 Å².